The first kappa shape index (κ1) is 28.2. The number of aliphatic hydroxyl groups is 1. The molecule has 4 N–H and O–H groups in total. The van der Waals surface area contributed by atoms with Gasteiger partial charge in [-0.3, -0.25) is 4.79 Å². The van der Waals surface area contributed by atoms with E-state index in [2.05, 4.69) is 43.5 Å². The zero-order valence-electron chi connectivity index (χ0n) is 23.8. The van der Waals surface area contributed by atoms with Crippen LogP contribution in [0, 0.1) is 46.3 Å². The molecule has 1 aliphatic heterocycles. The summed E-state index contributed by atoms with van der Waals surface area (Å²) in [6.45, 7) is 6.24. The SMILES string of the molecule is CNC[C@H](O)c1ccc(O)c(O)c1.C[C@]12CC[C@H]3[C@@H](CCC4C=CC=C[C@@]43C)[C@H]1CC[C@@H]2[C@H]1CCC(=O)OC1. The van der Waals surface area contributed by atoms with Crippen LogP contribution in [0.3, 0.4) is 0 Å². The fourth-order valence-electron chi connectivity index (χ4n) is 9.28. The van der Waals surface area contributed by atoms with Crippen LogP contribution in [0.5, 0.6) is 11.5 Å². The number of esters is 1. The molecule has 4 fully saturated rings. The molecule has 1 unspecified atom stereocenters. The lowest BCUT2D eigenvalue weighted by atomic mass is 9.46. The number of aromatic hydroxyl groups is 2. The third-order valence-electron chi connectivity index (χ3n) is 11.4. The minimum Gasteiger partial charge on any atom is -0.504 e. The van der Waals surface area contributed by atoms with Crippen molar-refractivity contribution >= 4 is 5.97 Å². The number of benzene rings is 1. The lowest BCUT2D eigenvalue weighted by molar-refractivity contribution is -0.153. The Morgan fingerprint density at radius 3 is 2.51 bits per heavy atom. The lowest BCUT2D eigenvalue weighted by Gasteiger charge is -2.59. The van der Waals surface area contributed by atoms with Gasteiger partial charge in [-0.25, -0.2) is 0 Å². The highest BCUT2D eigenvalue weighted by Crippen LogP contribution is 2.67. The minimum atomic E-state index is -0.670. The first-order chi connectivity index (χ1) is 18.7. The fraction of sp³-hybridized carbons (Fsp3) is 0.667. The number of hydrogen-bond acceptors (Lipinski definition) is 6. The Hall–Kier alpha value is -2.31. The van der Waals surface area contributed by atoms with Gasteiger partial charge in [0.1, 0.15) is 0 Å². The fourth-order valence-corrected chi connectivity index (χ4v) is 9.28. The van der Waals surface area contributed by atoms with Gasteiger partial charge in [-0.2, -0.15) is 0 Å². The van der Waals surface area contributed by atoms with E-state index >= 15 is 0 Å². The maximum Gasteiger partial charge on any atom is 0.305 e. The van der Waals surface area contributed by atoms with Gasteiger partial charge >= 0.3 is 5.97 Å². The van der Waals surface area contributed by atoms with Gasteiger partial charge in [0.2, 0.25) is 0 Å². The van der Waals surface area contributed by atoms with Crippen molar-refractivity contribution in [2.45, 2.75) is 71.3 Å². The number of ether oxygens (including phenoxy) is 1. The van der Waals surface area contributed by atoms with Crippen LogP contribution in [0.25, 0.3) is 0 Å². The molecule has 0 radical (unpaired) electrons. The lowest BCUT2D eigenvalue weighted by Crippen LogP contribution is -2.52. The van der Waals surface area contributed by atoms with Crippen LogP contribution in [-0.4, -0.2) is 41.5 Å². The number of carbonyl (C=O) groups is 1. The highest BCUT2D eigenvalue weighted by molar-refractivity contribution is 5.70. The summed E-state index contributed by atoms with van der Waals surface area (Å²) >= 11 is 0. The van der Waals surface area contributed by atoms with Crippen molar-refractivity contribution < 1.29 is 24.9 Å². The number of rotatable bonds is 4. The van der Waals surface area contributed by atoms with Gasteiger partial charge in [0, 0.05) is 13.0 Å². The Morgan fingerprint density at radius 2 is 1.79 bits per heavy atom. The second kappa shape index (κ2) is 11.3. The number of phenolic OH excluding ortho intramolecular Hbond substituents is 2. The molecule has 6 nitrogen and oxygen atoms in total. The molecule has 1 heterocycles. The average molecular weight is 538 g/mol. The standard InChI is InChI=1S/C24H34O2.C9H13NO3/c1-23-13-4-3-5-17(23)7-8-18-20-10-9-19(16-6-11-22(25)26-15-16)24(20,2)14-12-21(18)23;1-10-5-9(13)6-2-3-7(11)8(12)4-6/h3-5,13,16-21H,6-12,14-15H2,1-2H3;2-4,9-13H,5H2,1H3/t16-,17?,18-,19+,20+,21-,23-,24+;9-/m00/s1. The molecule has 4 aliphatic carbocycles. The van der Waals surface area contributed by atoms with Gasteiger partial charge in [0.05, 0.1) is 12.7 Å². The second-order valence-corrected chi connectivity index (χ2v) is 13.2. The van der Waals surface area contributed by atoms with Crippen LogP contribution in [0.15, 0.2) is 42.5 Å². The quantitative estimate of drug-likeness (QED) is 0.282. The number of fused-ring (bicyclic) bond motifs is 5. The van der Waals surface area contributed by atoms with E-state index < -0.39 is 6.10 Å². The van der Waals surface area contributed by atoms with Crippen LogP contribution in [0.4, 0.5) is 0 Å². The van der Waals surface area contributed by atoms with E-state index in [1.165, 1.54) is 50.7 Å². The normalized spacial score (nSPS) is 39.4. The second-order valence-electron chi connectivity index (χ2n) is 13.2. The number of phenols is 2. The van der Waals surface area contributed by atoms with E-state index in [1.54, 1.807) is 13.1 Å². The molecule has 1 aromatic carbocycles. The maximum absolute atomic E-state index is 11.5. The molecule has 6 rings (SSSR count). The van der Waals surface area contributed by atoms with E-state index in [9.17, 15) is 9.90 Å². The molecule has 214 valence electrons. The van der Waals surface area contributed by atoms with Crippen LogP contribution < -0.4 is 5.32 Å². The van der Waals surface area contributed by atoms with Gasteiger partial charge in [-0.05, 0) is 116 Å². The molecule has 5 aliphatic rings. The number of carbonyl (C=O) groups excluding carboxylic acids is 1. The van der Waals surface area contributed by atoms with E-state index in [1.807, 2.05) is 0 Å². The van der Waals surface area contributed by atoms with E-state index in [4.69, 9.17) is 14.9 Å². The molecule has 3 saturated carbocycles. The number of nitrogens with one attached hydrogen (secondary N) is 1. The van der Waals surface area contributed by atoms with E-state index in [0.717, 1.165) is 36.0 Å². The average Bonchev–Trinajstić information content (AvgIpc) is 3.28. The number of likely N-dealkylation sites (N-methyl/N-ethyl adjacent to an activating group) is 1. The summed E-state index contributed by atoms with van der Waals surface area (Å²) in [7, 11) is 1.73. The molecule has 0 aromatic heterocycles. The molecular weight excluding hydrogens is 490 g/mol. The third kappa shape index (κ3) is 5.27. The molecule has 0 spiro atoms. The third-order valence-corrected chi connectivity index (χ3v) is 11.4. The highest BCUT2D eigenvalue weighted by Gasteiger charge is 2.60. The maximum atomic E-state index is 11.5. The topological polar surface area (TPSA) is 99.0 Å². The van der Waals surface area contributed by atoms with Crippen LogP contribution in [-0.2, 0) is 9.53 Å². The molecule has 39 heavy (non-hydrogen) atoms. The van der Waals surface area contributed by atoms with E-state index in [-0.39, 0.29) is 17.5 Å². The molecule has 1 saturated heterocycles. The monoisotopic (exact) mass is 537 g/mol. The van der Waals surface area contributed by atoms with Gasteiger partial charge in [-0.15, -0.1) is 0 Å². The smallest absolute Gasteiger partial charge is 0.305 e. The van der Waals surface area contributed by atoms with Crippen molar-refractivity contribution in [3.8, 4) is 11.5 Å². The van der Waals surface area contributed by atoms with Crippen molar-refractivity contribution in [2.24, 2.45) is 46.3 Å². The number of hydrogen-bond donors (Lipinski definition) is 4. The molecule has 0 bridgehead atoms. The predicted molar refractivity (Wildman–Crippen MR) is 152 cm³/mol. The molecule has 1 aromatic rings. The first-order valence-corrected chi connectivity index (χ1v) is 15.0. The zero-order valence-corrected chi connectivity index (χ0v) is 23.8. The predicted octanol–water partition coefficient (Wildman–Crippen LogP) is 5.89. The van der Waals surface area contributed by atoms with Crippen LogP contribution >= 0.6 is 0 Å². The van der Waals surface area contributed by atoms with Gasteiger partial charge in [-0.1, -0.05) is 44.2 Å². The Morgan fingerprint density at radius 1 is 1.00 bits per heavy atom. The largest absolute Gasteiger partial charge is 0.504 e. The van der Waals surface area contributed by atoms with Crippen LogP contribution in [0.1, 0.15) is 76.9 Å². The number of allylic oxidation sites excluding steroid dienone is 4. The Labute approximate surface area is 233 Å². The summed E-state index contributed by atoms with van der Waals surface area (Å²) in [5.41, 5.74) is 1.44. The summed E-state index contributed by atoms with van der Waals surface area (Å²) in [6.07, 6.45) is 19.0. The van der Waals surface area contributed by atoms with Crippen molar-refractivity contribution in [1.82, 2.24) is 5.32 Å². The summed E-state index contributed by atoms with van der Waals surface area (Å²) in [6, 6.07) is 4.26. The van der Waals surface area contributed by atoms with Gasteiger partial charge < -0.3 is 25.4 Å². The minimum absolute atomic E-state index is 0.0213. The molecular formula is C33H47NO5. The summed E-state index contributed by atoms with van der Waals surface area (Å²) < 4.78 is 5.47. The summed E-state index contributed by atoms with van der Waals surface area (Å²) in [4.78, 5) is 11.5. The molecule has 0 amide bonds. The van der Waals surface area contributed by atoms with E-state index in [0.29, 0.717) is 41.9 Å². The van der Waals surface area contributed by atoms with Crippen molar-refractivity contribution in [3.05, 3.63) is 48.1 Å². The number of cyclic esters (lactones) is 1. The Kier molecular flexibility index (Phi) is 8.17. The van der Waals surface area contributed by atoms with Crippen molar-refractivity contribution in [1.29, 1.82) is 0 Å². The number of aliphatic hydroxyl groups excluding tert-OH is 1. The van der Waals surface area contributed by atoms with Crippen LogP contribution in [0.2, 0.25) is 0 Å². The Bertz CT molecular complexity index is 1090. The van der Waals surface area contributed by atoms with Gasteiger partial charge in [0.25, 0.3) is 0 Å². The first-order valence-electron chi connectivity index (χ1n) is 15.0. The van der Waals surface area contributed by atoms with Crippen molar-refractivity contribution in [3.63, 3.8) is 0 Å². The van der Waals surface area contributed by atoms with Gasteiger partial charge in [0.15, 0.2) is 11.5 Å². The molecule has 9 atom stereocenters. The zero-order chi connectivity index (χ0) is 27.8. The Balaban J connectivity index is 0.000000201. The highest BCUT2D eigenvalue weighted by atomic mass is 16.5. The summed E-state index contributed by atoms with van der Waals surface area (Å²) in [5, 5.41) is 30.4. The van der Waals surface area contributed by atoms with Crippen molar-refractivity contribution in [2.75, 3.05) is 20.2 Å². The molecule has 6 heteroatoms. The summed E-state index contributed by atoms with van der Waals surface area (Å²) in [5.74, 6) is 4.43.